The highest BCUT2D eigenvalue weighted by molar-refractivity contribution is 4.84. The average Bonchev–Trinajstić information content (AvgIpc) is 2.32. The Hall–Kier alpha value is -0.120. The van der Waals surface area contributed by atoms with Gasteiger partial charge >= 0.3 is 0 Å². The molecule has 0 aromatic heterocycles. The van der Waals surface area contributed by atoms with E-state index in [1.807, 2.05) is 0 Å². The fourth-order valence-electron chi connectivity index (χ4n) is 3.18. The Balaban J connectivity index is 1.71. The van der Waals surface area contributed by atoms with E-state index in [1.165, 1.54) is 51.7 Å². The third kappa shape index (κ3) is 3.67. The highest BCUT2D eigenvalue weighted by atomic mass is 15.2. The number of nitrogens with one attached hydrogen (secondary N) is 1. The van der Waals surface area contributed by atoms with Crippen LogP contribution in [0.4, 0.5) is 0 Å². The predicted octanol–water partition coefficient (Wildman–Crippen LogP) is 1.54. The summed E-state index contributed by atoms with van der Waals surface area (Å²) in [6.45, 7) is 6.08. The molecule has 0 radical (unpaired) electrons. The van der Waals surface area contributed by atoms with E-state index >= 15 is 0 Å². The zero-order valence-corrected chi connectivity index (χ0v) is 11.8. The third-order valence-corrected chi connectivity index (χ3v) is 4.77. The molecule has 1 N–H and O–H groups in total. The van der Waals surface area contributed by atoms with Gasteiger partial charge in [-0.1, -0.05) is 6.42 Å². The zero-order chi connectivity index (χ0) is 12.3. The molecule has 100 valence electrons. The lowest BCUT2D eigenvalue weighted by Gasteiger charge is -2.38. The second-order valence-corrected chi connectivity index (χ2v) is 6.09. The molecule has 0 bridgehead atoms. The first-order chi connectivity index (χ1) is 8.16. The maximum Gasteiger partial charge on any atom is 0.0217 e. The lowest BCUT2D eigenvalue weighted by Crippen LogP contribution is -2.50. The number of rotatable bonds is 3. The van der Waals surface area contributed by atoms with Crippen LogP contribution in [0.25, 0.3) is 0 Å². The second-order valence-electron chi connectivity index (χ2n) is 6.09. The van der Waals surface area contributed by atoms with Crippen molar-refractivity contribution in [1.82, 2.24) is 15.1 Å². The lowest BCUT2D eigenvalue weighted by molar-refractivity contribution is 0.146. The molecule has 2 saturated heterocycles. The van der Waals surface area contributed by atoms with Crippen molar-refractivity contribution in [3.05, 3.63) is 0 Å². The monoisotopic (exact) mass is 239 g/mol. The average molecular weight is 239 g/mol. The summed E-state index contributed by atoms with van der Waals surface area (Å²) in [5.74, 6) is 0. The molecule has 0 aliphatic carbocycles. The topological polar surface area (TPSA) is 18.5 Å². The molecule has 0 saturated carbocycles. The van der Waals surface area contributed by atoms with Crippen LogP contribution in [0.2, 0.25) is 0 Å². The summed E-state index contributed by atoms with van der Waals surface area (Å²) in [7, 11) is 4.53. The largest absolute Gasteiger partial charge is 0.312 e. The van der Waals surface area contributed by atoms with Gasteiger partial charge in [0.15, 0.2) is 0 Å². The third-order valence-electron chi connectivity index (χ3n) is 4.77. The molecular weight excluding hydrogens is 210 g/mol. The number of hydrogen-bond acceptors (Lipinski definition) is 3. The highest BCUT2D eigenvalue weighted by Crippen LogP contribution is 2.17. The maximum atomic E-state index is 3.80. The molecule has 0 amide bonds. The van der Waals surface area contributed by atoms with E-state index in [1.54, 1.807) is 0 Å². The van der Waals surface area contributed by atoms with Gasteiger partial charge in [-0.05, 0) is 59.8 Å². The van der Waals surface area contributed by atoms with Gasteiger partial charge in [0.25, 0.3) is 0 Å². The molecule has 2 aliphatic rings. The number of likely N-dealkylation sites (tertiary alicyclic amines) is 2. The normalized spacial score (nSPS) is 37.2. The molecule has 3 atom stereocenters. The first kappa shape index (κ1) is 13.3. The van der Waals surface area contributed by atoms with Gasteiger partial charge in [0, 0.05) is 24.7 Å². The molecule has 2 rings (SSSR count). The van der Waals surface area contributed by atoms with E-state index in [-0.39, 0.29) is 0 Å². The van der Waals surface area contributed by atoms with E-state index < -0.39 is 0 Å². The summed E-state index contributed by atoms with van der Waals surface area (Å²) >= 11 is 0. The molecule has 0 spiro atoms. The van der Waals surface area contributed by atoms with Crippen molar-refractivity contribution >= 4 is 0 Å². The molecule has 2 heterocycles. The Morgan fingerprint density at radius 3 is 2.59 bits per heavy atom. The van der Waals surface area contributed by atoms with Gasteiger partial charge in [-0.3, -0.25) is 0 Å². The van der Waals surface area contributed by atoms with Crippen LogP contribution in [-0.2, 0) is 0 Å². The van der Waals surface area contributed by atoms with Crippen molar-refractivity contribution in [1.29, 1.82) is 0 Å². The van der Waals surface area contributed by atoms with Gasteiger partial charge in [0.2, 0.25) is 0 Å². The summed E-state index contributed by atoms with van der Waals surface area (Å²) in [6.07, 6.45) is 6.81. The van der Waals surface area contributed by atoms with Crippen molar-refractivity contribution in [2.45, 2.75) is 57.2 Å². The van der Waals surface area contributed by atoms with Crippen LogP contribution >= 0.6 is 0 Å². The Bertz CT molecular complexity index is 232. The number of nitrogens with zero attached hydrogens (tertiary/aromatic N) is 2. The number of hydrogen-bond donors (Lipinski definition) is 1. The van der Waals surface area contributed by atoms with Crippen molar-refractivity contribution in [3.63, 3.8) is 0 Å². The minimum absolute atomic E-state index is 0.741. The van der Waals surface area contributed by atoms with Crippen LogP contribution in [0.1, 0.15) is 39.0 Å². The van der Waals surface area contributed by atoms with Crippen molar-refractivity contribution in [2.24, 2.45) is 0 Å². The minimum atomic E-state index is 0.741. The molecule has 0 aromatic carbocycles. The van der Waals surface area contributed by atoms with Crippen LogP contribution in [-0.4, -0.2) is 61.7 Å². The molecule has 2 aliphatic heterocycles. The van der Waals surface area contributed by atoms with Gasteiger partial charge < -0.3 is 15.1 Å². The van der Waals surface area contributed by atoms with Gasteiger partial charge in [-0.25, -0.2) is 0 Å². The zero-order valence-electron chi connectivity index (χ0n) is 11.8. The number of piperidine rings is 2. The Kier molecular flexibility index (Phi) is 4.83. The van der Waals surface area contributed by atoms with Crippen molar-refractivity contribution in [3.8, 4) is 0 Å². The van der Waals surface area contributed by atoms with Crippen molar-refractivity contribution < 1.29 is 0 Å². The highest BCUT2D eigenvalue weighted by Gasteiger charge is 2.24. The van der Waals surface area contributed by atoms with Crippen LogP contribution < -0.4 is 5.32 Å². The van der Waals surface area contributed by atoms with Gasteiger partial charge in [-0.15, -0.1) is 0 Å². The standard InChI is InChI=1S/C14H29N3/c1-12-10-13(7-9-16(12)2)15-11-14-6-4-5-8-17(14)3/h12-15H,4-11H2,1-3H3. The van der Waals surface area contributed by atoms with E-state index in [2.05, 4.69) is 36.1 Å². The fourth-order valence-corrected chi connectivity index (χ4v) is 3.18. The van der Waals surface area contributed by atoms with Gasteiger partial charge in [-0.2, -0.15) is 0 Å². The molecule has 3 heteroatoms. The first-order valence-corrected chi connectivity index (χ1v) is 7.30. The van der Waals surface area contributed by atoms with Gasteiger partial charge in [0.1, 0.15) is 0 Å². The summed E-state index contributed by atoms with van der Waals surface area (Å²) < 4.78 is 0. The Morgan fingerprint density at radius 2 is 1.88 bits per heavy atom. The maximum absolute atomic E-state index is 3.80. The smallest absolute Gasteiger partial charge is 0.0217 e. The Morgan fingerprint density at radius 1 is 1.06 bits per heavy atom. The molecular formula is C14H29N3. The first-order valence-electron chi connectivity index (χ1n) is 7.30. The van der Waals surface area contributed by atoms with Crippen LogP contribution in [0.3, 0.4) is 0 Å². The van der Waals surface area contributed by atoms with E-state index in [0.717, 1.165) is 18.1 Å². The summed E-state index contributed by atoms with van der Waals surface area (Å²) in [4.78, 5) is 5.01. The second kappa shape index (κ2) is 6.17. The molecule has 0 aromatic rings. The van der Waals surface area contributed by atoms with Crippen LogP contribution in [0.5, 0.6) is 0 Å². The quantitative estimate of drug-likeness (QED) is 0.806. The number of likely N-dealkylation sites (N-methyl/N-ethyl adjacent to an activating group) is 1. The van der Waals surface area contributed by atoms with Crippen LogP contribution in [0.15, 0.2) is 0 Å². The predicted molar refractivity (Wildman–Crippen MR) is 73.4 cm³/mol. The summed E-state index contributed by atoms with van der Waals surface area (Å²) in [5.41, 5.74) is 0. The SMILES string of the molecule is CC1CC(NCC2CCCCN2C)CCN1C. The van der Waals surface area contributed by atoms with E-state index in [9.17, 15) is 0 Å². The summed E-state index contributed by atoms with van der Waals surface area (Å²) in [5, 5.41) is 3.80. The molecule has 3 unspecified atom stereocenters. The van der Waals surface area contributed by atoms with E-state index in [4.69, 9.17) is 0 Å². The lowest BCUT2D eigenvalue weighted by atomic mass is 9.97. The van der Waals surface area contributed by atoms with E-state index in [0.29, 0.717) is 0 Å². The Labute approximate surface area is 107 Å². The molecule has 2 fully saturated rings. The fraction of sp³-hybridized carbons (Fsp3) is 1.00. The molecule has 17 heavy (non-hydrogen) atoms. The van der Waals surface area contributed by atoms with Crippen molar-refractivity contribution in [2.75, 3.05) is 33.7 Å². The van der Waals surface area contributed by atoms with Gasteiger partial charge in [0.05, 0.1) is 0 Å². The minimum Gasteiger partial charge on any atom is -0.312 e. The van der Waals surface area contributed by atoms with Crippen LogP contribution in [0, 0.1) is 0 Å². The summed E-state index contributed by atoms with van der Waals surface area (Å²) in [6, 6.07) is 2.26. The molecule has 3 nitrogen and oxygen atoms in total.